The molecule has 2 heterocycles. The zero-order chi connectivity index (χ0) is 10.5. The fourth-order valence-corrected chi connectivity index (χ4v) is 4.01. The third-order valence-electron chi connectivity index (χ3n) is 2.52. The van der Waals surface area contributed by atoms with E-state index in [0.717, 1.165) is 11.7 Å². The van der Waals surface area contributed by atoms with E-state index < -0.39 is 0 Å². The van der Waals surface area contributed by atoms with Crippen LogP contribution in [-0.4, -0.2) is 23.8 Å². The van der Waals surface area contributed by atoms with Gasteiger partial charge in [-0.05, 0) is 37.6 Å². The average molecular weight is 263 g/mol. The zero-order valence-electron chi connectivity index (χ0n) is 8.54. The highest BCUT2D eigenvalue weighted by atomic mass is 35.5. The summed E-state index contributed by atoms with van der Waals surface area (Å²) in [4.78, 5) is 5.33. The van der Waals surface area contributed by atoms with Gasteiger partial charge in [0.15, 0.2) is 4.47 Å². The molecule has 1 fully saturated rings. The van der Waals surface area contributed by atoms with Crippen molar-refractivity contribution in [2.75, 3.05) is 18.8 Å². The summed E-state index contributed by atoms with van der Waals surface area (Å²) in [7, 11) is 0. The molecule has 1 N–H and O–H groups in total. The number of piperidine rings is 1. The molecule has 84 valence electrons. The molecule has 0 spiro atoms. The number of nitrogens with zero attached hydrogens (tertiary/aromatic N) is 1. The Balaban J connectivity index is 1.65. The quantitative estimate of drug-likeness (QED) is 0.903. The third-order valence-corrected chi connectivity index (χ3v) is 5.04. The predicted octanol–water partition coefficient (Wildman–Crippen LogP) is 3.03. The predicted molar refractivity (Wildman–Crippen MR) is 68.9 cm³/mol. The lowest BCUT2D eigenvalue weighted by atomic mass is 10.0. The van der Waals surface area contributed by atoms with Crippen LogP contribution in [0.15, 0.2) is 6.20 Å². The van der Waals surface area contributed by atoms with Crippen LogP contribution in [0.3, 0.4) is 0 Å². The molecule has 1 aliphatic heterocycles. The van der Waals surface area contributed by atoms with Crippen LogP contribution in [0.4, 0.5) is 0 Å². The van der Waals surface area contributed by atoms with Gasteiger partial charge < -0.3 is 5.32 Å². The number of halogens is 1. The van der Waals surface area contributed by atoms with Crippen molar-refractivity contribution < 1.29 is 0 Å². The summed E-state index contributed by atoms with van der Waals surface area (Å²) >= 11 is 9.37. The normalized spacial score (nSPS) is 21.8. The number of aromatic nitrogens is 1. The van der Waals surface area contributed by atoms with E-state index in [4.69, 9.17) is 11.6 Å². The van der Waals surface area contributed by atoms with Crippen LogP contribution in [0.1, 0.15) is 17.7 Å². The maximum atomic E-state index is 5.78. The smallest absolute Gasteiger partial charge is 0.183 e. The van der Waals surface area contributed by atoms with Gasteiger partial charge in [0.05, 0.1) is 0 Å². The number of nitrogens with one attached hydrogen (secondary N) is 1. The van der Waals surface area contributed by atoms with Crippen molar-refractivity contribution in [1.29, 1.82) is 0 Å². The van der Waals surface area contributed by atoms with Gasteiger partial charge >= 0.3 is 0 Å². The van der Waals surface area contributed by atoms with Crippen molar-refractivity contribution >= 4 is 34.7 Å². The molecular formula is C10H15ClN2S2. The lowest BCUT2D eigenvalue weighted by Gasteiger charge is -2.21. The Kier molecular flexibility index (Phi) is 4.75. The van der Waals surface area contributed by atoms with E-state index in [1.54, 1.807) is 11.3 Å². The summed E-state index contributed by atoms with van der Waals surface area (Å²) < 4.78 is 0.657. The molecule has 0 radical (unpaired) electrons. The van der Waals surface area contributed by atoms with Gasteiger partial charge in [0.25, 0.3) is 0 Å². The van der Waals surface area contributed by atoms with Crippen molar-refractivity contribution in [3.05, 3.63) is 15.5 Å². The lowest BCUT2D eigenvalue weighted by Crippen LogP contribution is -2.30. The maximum absolute atomic E-state index is 5.78. The zero-order valence-corrected chi connectivity index (χ0v) is 10.9. The van der Waals surface area contributed by atoms with Crippen molar-refractivity contribution in [3.8, 4) is 0 Å². The van der Waals surface area contributed by atoms with Crippen molar-refractivity contribution in [1.82, 2.24) is 10.3 Å². The molecule has 0 amide bonds. The topological polar surface area (TPSA) is 24.9 Å². The van der Waals surface area contributed by atoms with E-state index >= 15 is 0 Å². The first kappa shape index (κ1) is 11.7. The number of hydrogen-bond acceptors (Lipinski definition) is 4. The van der Waals surface area contributed by atoms with Crippen LogP contribution in [0, 0.1) is 5.92 Å². The van der Waals surface area contributed by atoms with Crippen molar-refractivity contribution in [3.63, 3.8) is 0 Å². The van der Waals surface area contributed by atoms with E-state index in [9.17, 15) is 0 Å². The van der Waals surface area contributed by atoms with E-state index in [-0.39, 0.29) is 0 Å². The van der Waals surface area contributed by atoms with Gasteiger partial charge in [-0.25, -0.2) is 4.98 Å². The van der Waals surface area contributed by atoms with Crippen molar-refractivity contribution in [2.24, 2.45) is 5.92 Å². The molecule has 1 aromatic heterocycles. The monoisotopic (exact) mass is 262 g/mol. The first-order chi connectivity index (χ1) is 7.34. The molecule has 1 saturated heterocycles. The minimum atomic E-state index is 0.657. The largest absolute Gasteiger partial charge is 0.316 e. The van der Waals surface area contributed by atoms with Gasteiger partial charge in [-0.1, -0.05) is 11.6 Å². The fourth-order valence-electron chi connectivity index (χ4n) is 1.74. The van der Waals surface area contributed by atoms with Gasteiger partial charge in [-0.2, -0.15) is 11.8 Å². The molecule has 1 unspecified atom stereocenters. The summed E-state index contributed by atoms with van der Waals surface area (Å²) in [6.07, 6.45) is 4.60. The van der Waals surface area contributed by atoms with Crippen LogP contribution in [0.5, 0.6) is 0 Å². The third kappa shape index (κ3) is 3.94. The number of thioether (sulfide) groups is 1. The molecule has 15 heavy (non-hydrogen) atoms. The summed E-state index contributed by atoms with van der Waals surface area (Å²) in [5.74, 6) is 3.16. The lowest BCUT2D eigenvalue weighted by molar-refractivity contribution is 0.410. The highest BCUT2D eigenvalue weighted by molar-refractivity contribution is 7.98. The molecule has 0 aliphatic carbocycles. The van der Waals surface area contributed by atoms with Gasteiger partial charge in [0.2, 0.25) is 0 Å². The van der Waals surface area contributed by atoms with Gasteiger partial charge in [-0.15, -0.1) is 11.3 Å². The molecular weight excluding hydrogens is 248 g/mol. The number of rotatable bonds is 4. The molecule has 0 aromatic carbocycles. The second kappa shape index (κ2) is 6.09. The van der Waals surface area contributed by atoms with E-state index in [1.165, 1.54) is 36.6 Å². The van der Waals surface area contributed by atoms with E-state index in [2.05, 4.69) is 10.3 Å². The standard InChI is InChI=1S/C10H15ClN2S2/c11-10-13-5-9(15-10)7-14-6-8-2-1-3-12-4-8/h5,8,12H,1-4,6-7H2. The summed E-state index contributed by atoms with van der Waals surface area (Å²) in [6, 6.07) is 0. The van der Waals surface area contributed by atoms with Crippen LogP contribution in [0.25, 0.3) is 0 Å². The van der Waals surface area contributed by atoms with Crippen LogP contribution >= 0.6 is 34.7 Å². The van der Waals surface area contributed by atoms with Crippen molar-refractivity contribution in [2.45, 2.75) is 18.6 Å². The minimum absolute atomic E-state index is 0.657. The molecule has 0 bridgehead atoms. The summed E-state index contributed by atoms with van der Waals surface area (Å²) in [6.45, 7) is 2.39. The Bertz CT molecular complexity index is 297. The fraction of sp³-hybridized carbons (Fsp3) is 0.700. The Morgan fingerprint density at radius 1 is 1.67 bits per heavy atom. The molecule has 2 rings (SSSR count). The van der Waals surface area contributed by atoms with E-state index in [0.29, 0.717) is 4.47 Å². The summed E-state index contributed by atoms with van der Waals surface area (Å²) in [5, 5.41) is 3.44. The van der Waals surface area contributed by atoms with Gasteiger partial charge in [0.1, 0.15) is 0 Å². The van der Waals surface area contributed by atoms with Crippen LogP contribution < -0.4 is 5.32 Å². The molecule has 2 nitrogen and oxygen atoms in total. The van der Waals surface area contributed by atoms with Gasteiger partial charge in [-0.3, -0.25) is 0 Å². The Morgan fingerprint density at radius 2 is 2.60 bits per heavy atom. The first-order valence-electron chi connectivity index (χ1n) is 5.23. The molecule has 0 saturated carbocycles. The van der Waals surface area contributed by atoms with Gasteiger partial charge in [0, 0.05) is 16.8 Å². The van der Waals surface area contributed by atoms with Crippen LogP contribution in [0.2, 0.25) is 4.47 Å². The van der Waals surface area contributed by atoms with E-state index in [1.807, 2.05) is 18.0 Å². The molecule has 1 atom stereocenters. The van der Waals surface area contributed by atoms with Crippen LogP contribution in [-0.2, 0) is 5.75 Å². The number of hydrogen-bond donors (Lipinski definition) is 1. The maximum Gasteiger partial charge on any atom is 0.183 e. The second-order valence-corrected chi connectivity index (χ2v) is 6.53. The number of thiazole rings is 1. The summed E-state index contributed by atoms with van der Waals surface area (Å²) in [5.41, 5.74) is 0. The molecule has 1 aromatic rings. The SMILES string of the molecule is Clc1ncc(CSCC2CCCNC2)s1. The Morgan fingerprint density at radius 3 is 3.27 bits per heavy atom. The molecule has 1 aliphatic rings. The Labute approximate surface area is 104 Å². The first-order valence-corrected chi connectivity index (χ1v) is 7.58. The average Bonchev–Trinajstić information content (AvgIpc) is 2.66. The highest BCUT2D eigenvalue weighted by Crippen LogP contribution is 2.24. The molecule has 5 heteroatoms. The Hall–Kier alpha value is 0.230. The highest BCUT2D eigenvalue weighted by Gasteiger charge is 2.12. The second-order valence-electron chi connectivity index (χ2n) is 3.81. The minimum Gasteiger partial charge on any atom is -0.316 e.